The number of benzene rings is 1. The topological polar surface area (TPSA) is 61.8 Å². The molecule has 6 heteroatoms. The molecule has 0 radical (unpaired) electrons. The van der Waals surface area contributed by atoms with E-state index in [0.717, 1.165) is 18.4 Å². The van der Waals surface area contributed by atoms with Gasteiger partial charge in [0.1, 0.15) is 0 Å². The van der Waals surface area contributed by atoms with Gasteiger partial charge < -0.3 is 9.47 Å². The highest BCUT2D eigenvalue weighted by Crippen LogP contribution is 2.36. The monoisotopic (exact) mass is 326 g/mol. The molecule has 2 heterocycles. The van der Waals surface area contributed by atoms with Crippen LogP contribution in [0.25, 0.3) is 0 Å². The molecule has 5 nitrogen and oxygen atoms in total. The Morgan fingerprint density at radius 3 is 2.50 bits per heavy atom. The van der Waals surface area contributed by atoms with E-state index >= 15 is 0 Å². The Kier molecular flexibility index (Phi) is 4.54. The van der Waals surface area contributed by atoms with Crippen LogP contribution in [0.3, 0.4) is 0 Å². The summed E-state index contributed by atoms with van der Waals surface area (Å²) in [4.78, 5) is 0.214. The Hall–Kier alpha value is -0.950. The third kappa shape index (κ3) is 3.51. The van der Waals surface area contributed by atoms with Crippen molar-refractivity contribution >= 4 is 10.1 Å². The maximum atomic E-state index is 12.4. The normalized spacial score (nSPS) is 25.2. The highest BCUT2D eigenvalue weighted by Gasteiger charge is 2.40. The first-order chi connectivity index (χ1) is 10.5. The van der Waals surface area contributed by atoms with Gasteiger partial charge >= 0.3 is 0 Å². The molecule has 0 aliphatic carbocycles. The lowest BCUT2D eigenvalue weighted by Gasteiger charge is -2.42. The minimum Gasteiger partial charge on any atom is -0.381 e. The van der Waals surface area contributed by atoms with Gasteiger partial charge in [0.05, 0.1) is 16.6 Å². The van der Waals surface area contributed by atoms with E-state index in [-0.39, 0.29) is 16.6 Å². The lowest BCUT2D eigenvalue weighted by molar-refractivity contribution is -0.155. The number of rotatable bonds is 3. The lowest BCUT2D eigenvalue weighted by Crippen LogP contribution is -2.46. The summed E-state index contributed by atoms with van der Waals surface area (Å²) in [5, 5.41) is 0. The second kappa shape index (κ2) is 6.28. The van der Waals surface area contributed by atoms with E-state index in [2.05, 4.69) is 0 Å². The average Bonchev–Trinajstić information content (AvgIpc) is 2.48. The summed E-state index contributed by atoms with van der Waals surface area (Å²) >= 11 is 0. The molecule has 2 aliphatic heterocycles. The summed E-state index contributed by atoms with van der Waals surface area (Å²) in [6.45, 7) is 3.79. The Bertz CT molecular complexity index is 596. The number of ether oxygens (including phenoxy) is 2. The summed E-state index contributed by atoms with van der Waals surface area (Å²) in [5.41, 5.74) is 0.746. The molecule has 1 aromatic rings. The maximum absolute atomic E-state index is 12.4. The highest BCUT2D eigenvalue weighted by atomic mass is 32.2. The molecule has 0 aromatic heterocycles. The molecule has 0 saturated carbocycles. The summed E-state index contributed by atoms with van der Waals surface area (Å²) in [7, 11) is -3.72. The number of hydrogen-bond donors (Lipinski definition) is 0. The van der Waals surface area contributed by atoms with E-state index < -0.39 is 10.1 Å². The van der Waals surface area contributed by atoms with Gasteiger partial charge in [-0.3, -0.25) is 4.18 Å². The van der Waals surface area contributed by atoms with Crippen molar-refractivity contribution < 1.29 is 22.1 Å². The van der Waals surface area contributed by atoms with Crippen molar-refractivity contribution in [2.75, 3.05) is 19.8 Å². The summed E-state index contributed by atoms with van der Waals surface area (Å²) in [5.74, 6) is 0. The van der Waals surface area contributed by atoms with Crippen LogP contribution < -0.4 is 0 Å². The second-order valence-electron chi connectivity index (χ2n) is 6.12. The molecule has 1 unspecified atom stereocenters. The van der Waals surface area contributed by atoms with Crippen LogP contribution in [0, 0.1) is 6.92 Å². The van der Waals surface area contributed by atoms with Crippen molar-refractivity contribution in [3.63, 3.8) is 0 Å². The van der Waals surface area contributed by atoms with Gasteiger partial charge in [-0.15, -0.1) is 0 Å². The van der Waals surface area contributed by atoms with Gasteiger partial charge in [-0.25, -0.2) is 0 Å². The van der Waals surface area contributed by atoms with Gasteiger partial charge in [-0.1, -0.05) is 17.7 Å². The van der Waals surface area contributed by atoms with Gasteiger partial charge in [-0.2, -0.15) is 8.42 Å². The molecular formula is C16H22O5S. The Balaban J connectivity index is 1.70. The molecule has 1 aromatic carbocycles. The molecule has 3 rings (SSSR count). The standard InChI is InChI=1S/C16H22O5S/c1-13-2-4-15(5-3-13)22(17,18)21-14-6-9-20-16(12-14)7-10-19-11-8-16/h2-5,14H,6-12H2,1H3. The van der Waals surface area contributed by atoms with Gasteiger partial charge in [0.25, 0.3) is 10.1 Å². The van der Waals surface area contributed by atoms with Crippen LogP contribution in [0.15, 0.2) is 29.2 Å². The van der Waals surface area contributed by atoms with E-state index in [0.29, 0.717) is 32.7 Å². The van der Waals surface area contributed by atoms with Crippen LogP contribution in [0.2, 0.25) is 0 Å². The van der Waals surface area contributed by atoms with Crippen LogP contribution in [-0.2, 0) is 23.8 Å². The molecule has 0 N–H and O–H groups in total. The first kappa shape index (κ1) is 15.9. The fourth-order valence-electron chi connectivity index (χ4n) is 3.10. The molecule has 1 atom stereocenters. The van der Waals surface area contributed by atoms with Gasteiger partial charge in [0.15, 0.2) is 0 Å². The zero-order chi connectivity index (χ0) is 15.6. The van der Waals surface area contributed by atoms with E-state index in [4.69, 9.17) is 13.7 Å². The highest BCUT2D eigenvalue weighted by molar-refractivity contribution is 7.86. The Morgan fingerprint density at radius 2 is 1.82 bits per heavy atom. The first-order valence-corrected chi connectivity index (χ1v) is 9.12. The maximum Gasteiger partial charge on any atom is 0.297 e. The minimum atomic E-state index is -3.72. The zero-order valence-corrected chi connectivity index (χ0v) is 13.6. The van der Waals surface area contributed by atoms with E-state index in [9.17, 15) is 8.42 Å². The SMILES string of the molecule is Cc1ccc(S(=O)(=O)OC2CCOC3(CCOCC3)C2)cc1. The fraction of sp³-hybridized carbons (Fsp3) is 0.625. The van der Waals surface area contributed by atoms with E-state index in [1.165, 1.54) is 0 Å². The van der Waals surface area contributed by atoms with Crippen molar-refractivity contribution in [1.82, 2.24) is 0 Å². The van der Waals surface area contributed by atoms with E-state index in [1.54, 1.807) is 24.3 Å². The molecule has 0 bridgehead atoms. The third-order valence-electron chi connectivity index (χ3n) is 4.42. The zero-order valence-electron chi connectivity index (χ0n) is 12.8. The summed E-state index contributed by atoms with van der Waals surface area (Å²) in [6, 6.07) is 6.74. The Labute approximate surface area is 131 Å². The van der Waals surface area contributed by atoms with Crippen LogP contribution in [-0.4, -0.2) is 39.9 Å². The van der Waals surface area contributed by atoms with Crippen molar-refractivity contribution in [3.05, 3.63) is 29.8 Å². The molecule has 2 fully saturated rings. The van der Waals surface area contributed by atoms with Crippen molar-refractivity contribution in [2.45, 2.75) is 49.2 Å². The van der Waals surface area contributed by atoms with Gasteiger partial charge in [0.2, 0.25) is 0 Å². The molecule has 2 saturated heterocycles. The Morgan fingerprint density at radius 1 is 1.14 bits per heavy atom. The van der Waals surface area contributed by atoms with Gasteiger partial charge in [0, 0.05) is 26.2 Å². The third-order valence-corrected chi connectivity index (χ3v) is 5.80. The van der Waals surface area contributed by atoms with E-state index in [1.807, 2.05) is 6.92 Å². The lowest BCUT2D eigenvalue weighted by atomic mass is 9.85. The summed E-state index contributed by atoms with van der Waals surface area (Å²) in [6.07, 6.45) is 2.50. The largest absolute Gasteiger partial charge is 0.381 e. The molecule has 122 valence electrons. The van der Waals surface area contributed by atoms with Crippen LogP contribution in [0.4, 0.5) is 0 Å². The molecule has 2 aliphatic rings. The van der Waals surface area contributed by atoms with Crippen molar-refractivity contribution in [2.24, 2.45) is 0 Å². The predicted octanol–water partition coefficient (Wildman–Crippen LogP) is 2.43. The quantitative estimate of drug-likeness (QED) is 0.798. The summed E-state index contributed by atoms with van der Waals surface area (Å²) < 4.78 is 41.6. The van der Waals surface area contributed by atoms with Crippen molar-refractivity contribution in [3.8, 4) is 0 Å². The first-order valence-electron chi connectivity index (χ1n) is 7.71. The minimum absolute atomic E-state index is 0.214. The second-order valence-corrected chi connectivity index (χ2v) is 7.69. The molecule has 1 spiro atoms. The average molecular weight is 326 g/mol. The molecule has 0 amide bonds. The predicted molar refractivity (Wildman–Crippen MR) is 81.2 cm³/mol. The van der Waals surface area contributed by atoms with Crippen LogP contribution in [0.5, 0.6) is 0 Å². The van der Waals surface area contributed by atoms with Crippen LogP contribution in [0.1, 0.15) is 31.2 Å². The van der Waals surface area contributed by atoms with Crippen molar-refractivity contribution in [1.29, 1.82) is 0 Å². The molecule has 22 heavy (non-hydrogen) atoms. The number of aryl methyl sites for hydroxylation is 1. The smallest absolute Gasteiger partial charge is 0.297 e. The van der Waals surface area contributed by atoms with Gasteiger partial charge in [-0.05, 0) is 38.3 Å². The molecular weight excluding hydrogens is 304 g/mol. The fourth-order valence-corrected chi connectivity index (χ4v) is 4.20. The van der Waals surface area contributed by atoms with Crippen LogP contribution >= 0.6 is 0 Å². The number of hydrogen-bond acceptors (Lipinski definition) is 5.